The summed E-state index contributed by atoms with van der Waals surface area (Å²) in [7, 11) is 0. The van der Waals surface area contributed by atoms with Gasteiger partial charge in [-0.3, -0.25) is 0 Å². The highest BCUT2D eigenvalue weighted by Gasteiger charge is 2.10. The van der Waals surface area contributed by atoms with Gasteiger partial charge in [-0.25, -0.2) is 8.78 Å². The van der Waals surface area contributed by atoms with Crippen molar-refractivity contribution in [1.82, 2.24) is 0 Å². The van der Waals surface area contributed by atoms with Crippen LogP contribution in [0.5, 0.6) is 0 Å². The molecule has 0 aliphatic heterocycles. The van der Waals surface area contributed by atoms with Gasteiger partial charge in [0.15, 0.2) is 0 Å². The van der Waals surface area contributed by atoms with Crippen molar-refractivity contribution in [2.45, 2.75) is 12.8 Å². The molecule has 12 heavy (non-hydrogen) atoms. The first-order valence-electron chi connectivity index (χ1n) is 3.42. The minimum absolute atomic E-state index is 0.0162. The normalized spacial score (nSPS) is 12.2. The number of hydrogen-bond acceptors (Lipinski definition) is 1. The van der Waals surface area contributed by atoms with E-state index in [0.29, 0.717) is 0 Å². The maximum atomic E-state index is 12.9. The Hall–Kier alpha value is -1.43. The van der Waals surface area contributed by atoms with Gasteiger partial charge in [-0.15, -0.1) is 0 Å². The molecule has 0 N–H and O–H groups in total. The molecular formula is C9H6F2N. The largest absolute Gasteiger partial charge is 0.207 e. The summed E-state index contributed by atoms with van der Waals surface area (Å²) in [5, 5.41) is 8.44. The predicted molar refractivity (Wildman–Crippen MR) is 39.2 cm³/mol. The van der Waals surface area contributed by atoms with Gasteiger partial charge >= 0.3 is 0 Å². The second-order valence-corrected chi connectivity index (χ2v) is 2.42. The predicted octanol–water partition coefficient (Wildman–Crippen LogP) is 2.39. The molecule has 0 aliphatic rings. The van der Waals surface area contributed by atoms with Gasteiger partial charge in [-0.2, -0.15) is 5.26 Å². The third-order valence-corrected chi connectivity index (χ3v) is 1.51. The molecule has 1 aromatic carbocycles. The van der Waals surface area contributed by atoms with Crippen molar-refractivity contribution >= 4 is 0 Å². The van der Waals surface area contributed by atoms with Gasteiger partial charge in [0, 0.05) is 11.6 Å². The van der Waals surface area contributed by atoms with E-state index in [2.05, 4.69) is 6.07 Å². The Morgan fingerprint density at radius 2 is 2.17 bits per heavy atom. The molecule has 0 saturated heterocycles. The lowest BCUT2D eigenvalue weighted by Gasteiger charge is -2.02. The Labute approximate surface area is 69.2 Å². The summed E-state index contributed by atoms with van der Waals surface area (Å²) in [4.78, 5) is 0. The smallest absolute Gasteiger partial charge is 0.131 e. The van der Waals surface area contributed by atoms with Gasteiger partial charge in [0.05, 0.1) is 12.0 Å². The van der Waals surface area contributed by atoms with Crippen LogP contribution in [0.4, 0.5) is 8.78 Å². The Balaban J connectivity index is 3.15. The van der Waals surface area contributed by atoms with E-state index in [1.807, 2.05) is 6.07 Å². The first-order chi connectivity index (χ1) is 5.65. The molecule has 0 fully saturated rings. The van der Waals surface area contributed by atoms with Crippen molar-refractivity contribution in [3.05, 3.63) is 35.4 Å². The van der Waals surface area contributed by atoms with E-state index in [0.717, 1.165) is 12.1 Å². The summed E-state index contributed by atoms with van der Waals surface area (Å²) in [5.41, 5.74) is -0.0162. The van der Waals surface area contributed by atoms with Gasteiger partial charge in [-0.1, -0.05) is 0 Å². The lowest BCUT2D eigenvalue weighted by molar-refractivity contribution is 0.580. The highest BCUT2D eigenvalue weighted by atomic mass is 19.1. The van der Waals surface area contributed by atoms with Crippen LogP contribution >= 0.6 is 0 Å². The SMILES string of the molecule is CC(C#N)c1[c]c(F)ccc1F. The van der Waals surface area contributed by atoms with Crippen LogP contribution in [0.15, 0.2) is 12.1 Å². The van der Waals surface area contributed by atoms with E-state index in [1.165, 1.54) is 6.92 Å². The fourth-order valence-corrected chi connectivity index (χ4v) is 0.846. The van der Waals surface area contributed by atoms with Crippen LogP contribution in [0.3, 0.4) is 0 Å². The summed E-state index contributed by atoms with van der Waals surface area (Å²) < 4.78 is 25.4. The Kier molecular flexibility index (Phi) is 2.39. The van der Waals surface area contributed by atoms with E-state index in [9.17, 15) is 8.78 Å². The molecule has 1 unspecified atom stereocenters. The molecular weight excluding hydrogens is 160 g/mol. The summed E-state index contributed by atoms with van der Waals surface area (Å²) in [5.74, 6) is -1.90. The third kappa shape index (κ3) is 1.59. The van der Waals surface area contributed by atoms with Gasteiger partial charge in [0.25, 0.3) is 0 Å². The van der Waals surface area contributed by atoms with E-state index in [1.54, 1.807) is 0 Å². The number of rotatable bonds is 1. The topological polar surface area (TPSA) is 23.8 Å². The Morgan fingerprint density at radius 3 is 2.75 bits per heavy atom. The second-order valence-electron chi connectivity index (χ2n) is 2.42. The molecule has 61 valence electrons. The molecule has 0 saturated carbocycles. The van der Waals surface area contributed by atoms with E-state index < -0.39 is 17.6 Å². The summed E-state index contributed by atoms with van der Waals surface area (Å²) in [6.07, 6.45) is 0. The lowest BCUT2D eigenvalue weighted by Crippen LogP contribution is -1.95. The zero-order valence-corrected chi connectivity index (χ0v) is 6.44. The number of halogens is 2. The third-order valence-electron chi connectivity index (χ3n) is 1.51. The molecule has 1 radical (unpaired) electrons. The number of nitrogens with zero attached hydrogens (tertiary/aromatic N) is 1. The second kappa shape index (κ2) is 3.31. The summed E-state index contributed by atoms with van der Waals surface area (Å²) >= 11 is 0. The maximum absolute atomic E-state index is 12.9. The molecule has 0 spiro atoms. The fourth-order valence-electron chi connectivity index (χ4n) is 0.846. The van der Waals surface area contributed by atoms with E-state index in [4.69, 9.17) is 5.26 Å². The molecule has 0 bridgehead atoms. The van der Waals surface area contributed by atoms with Crippen LogP contribution in [-0.2, 0) is 0 Å². The number of benzene rings is 1. The standard InChI is InChI=1S/C9H6F2N/c1-6(5-12)8-4-7(10)2-3-9(8)11/h2-3,6H,1H3. The van der Waals surface area contributed by atoms with Crippen LogP contribution in [0.2, 0.25) is 0 Å². The highest BCUT2D eigenvalue weighted by Crippen LogP contribution is 2.18. The average molecular weight is 166 g/mol. The van der Waals surface area contributed by atoms with E-state index in [-0.39, 0.29) is 5.56 Å². The van der Waals surface area contributed by atoms with Crippen molar-refractivity contribution in [1.29, 1.82) is 5.26 Å². The van der Waals surface area contributed by atoms with E-state index >= 15 is 0 Å². The van der Waals surface area contributed by atoms with Crippen LogP contribution in [0, 0.1) is 29.0 Å². The van der Waals surface area contributed by atoms with Gasteiger partial charge in [-0.05, 0) is 19.1 Å². The van der Waals surface area contributed by atoms with Crippen molar-refractivity contribution in [2.24, 2.45) is 0 Å². The summed E-state index contributed by atoms with van der Waals surface area (Å²) in [6.45, 7) is 1.49. The van der Waals surface area contributed by atoms with Crippen molar-refractivity contribution in [3.8, 4) is 6.07 Å². The molecule has 1 rings (SSSR count). The number of nitriles is 1. The molecule has 1 atom stereocenters. The molecule has 0 aromatic heterocycles. The van der Waals surface area contributed by atoms with Crippen LogP contribution in [0.25, 0.3) is 0 Å². The van der Waals surface area contributed by atoms with Gasteiger partial charge in [0.2, 0.25) is 0 Å². The first kappa shape index (κ1) is 8.66. The maximum Gasteiger partial charge on any atom is 0.131 e. The Morgan fingerprint density at radius 1 is 1.50 bits per heavy atom. The summed E-state index contributed by atoms with van der Waals surface area (Å²) in [6, 6.07) is 5.94. The highest BCUT2D eigenvalue weighted by molar-refractivity contribution is 5.24. The zero-order valence-electron chi connectivity index (χ0n) is 6.44. The number of hydrogen-bond donors (Lipinski definition) is 0. The molecule has 0 amide bonds. The molecule has 0 aliphatic carbocycles. The van der Waals surface area contributed by atoms with Crippen LogP contribution in [0.1, 0.15) is 18.4 Å². The molecule has 1 aromatic rings. The molecule has 3 heteroatoms. The van der Waals surface area contributed by atoms with Gasteiger partial charge < -0.3 is 0 Å². The zero-order chi connectivity index (χ0) is 9.14. The van der Waals surface area contributed by atoms with Crippen LogP contribution < -0.4 is 0 Å². The minimum Gasteiger partial charge on any atom is -0.207 e. The molecule has 1 nitrogen and oxygen atoms in total. The minimum atomic E-state index is -0.666. The fraction of sp³-hybridized carbons (Fsp3) is 0.222. The average Bonchev–Trinajstić information content (AvgIpc) is 2.08. The molecule has 0 heterocycles. The van der Waals surface area contributed by atoms with Crippen molar-refractivity contribution < 1.29 is 8.78 Å². The lowest BCUT2D eigenvalue weighted by atomic mass is 10.0. The Bertz CT molecular complexity index is 328. The monoisotopic (exact) mass is 166 g/mol. The van der Waals surface area contributed by atoms with Gasteiger partial charge in [0.1, 0.15) is 11.6 Å². The van der Waals surface area contributed by atoms with Crippen molar-refractivity contribution in [3.63, 3.8) is 0 Å². The van der Waals surface area contributed by atoms with Crippen LogP contribution in [-0.4, -0.2) is 0 Å². The van der Waals surface area contributed by atoms with Crippen molar-refractivity contribution in [2.75, 3.05) is 0 Å². The quantitative estimate of drug-likeness (QED) is 0.628. The first-order valence-corrected chi connectivity index (χ1v) is 3.42.